The summed E-state index contributed by atoms with van der Waals surface area (Å²) in [4.78, 5) is 3.83. The van der Waals surface area contributed by atoms with Gasteiger partial charge in [-0.1, -0.05) is 19.4 Å². The summed E-state index contributed by atoms with van der Waals surface area (Å²) in [5.74, 6) is -0.145. The number of nitrogens with one attached hydrogen (secondary N) is 2. The van der Waals surface area contributed by atoms with Crippen LogP contribution in [0.1, 0.15) is 43.0 Å². The monoisotopic (exact) mass is 339 g/mol. The van der Waals surface area contributed by atoms with Crippen molar-refractivity contribution in [2.45, 2.75) is 46.5 Å². The van der Waals surface area contributed by atoms with Gasteiger partial charge in [-0.25, -0.2) is 4.99 Å². The van der Waals surface area contributed by atoms with Crippen LogP contribution in [0.2, 0.25) is 0 Å². The Morgan fingerprint density at radius 2 is 2.12 bits per heavy atom. The Balaban J connectivity index is 2.20. The van der Waals surface area contributed by atoms with Crippen LogP contribution in [0, 0.1) is 19.3 Å². The standard InChI is InChI=1S/C20H29N5/c1-4-5-10-23-19-13-18(9-8-16(19)3)25-14-15(2)12-17(25)7-6-11-24-20(21)22/h8-9,11-14,23H,4-7,10H2,1-3H3,(H3,21,22)/b24-11-. The van der Waals surface area contributed by atoms with Crippen LogP contribution in [0.3, 0.4) is 0 Å². The number of aryl methyl sites for hydroxylation is 3. The van der Waals surface area contributed by atoms with Crippen LogP contribution < -0.4 is 11.1 Å². The molecule has 0 radical (unpaired) electrons. The first-order chi connectivity index (χ1) is 12.0. The zero-order chi connectivity index (χ0) is 18.2. The molecule has 5 heteroatoms. The summed E-state index contributed by atoms with van der Waals surface area (Å²) in [6.45, 7) is 7.45. The average molecular weight is 339 g/mol. The zero-order valence-electron chi connectivity index (χ0n) is 15.5. The van der Waals surface area contributed by atoms with Crippen LogP contribution in [-0.4, -0.2) is 23.3 Å². The van der Waals surface area contributed by atoms with E-state index >= 15 is 0 Å². The van der Waals surface area contributed by atoms with E-state index in [0.717, 1.165) is 25.1 Å². The van der Waals surface area contributed by atoms with E-state index in [2.05, 4.69) is 66.1 Å². The highest BCUT2D eigenvalue weighted by Gasteiger charge is 2.07. The van der Waals surface area contributed by atoms with Gasteiger partial charge in [-0.3, -0.25) is 5.41 Å². The number of hydrogen-bond donors (Lipinski definition) is 3. The molecule has 0 atom stereocenters. The van der Waals surface area contributed by atoms with E-state index in [1.54, 1.807) is 6.21 Å². The molecule has 1 heterocycles. The van der Waals surface area contributed by atoms with Gasteiger partial charge in [0.2, 0.25) is 5.96 Å². The molecule has 1 aromatic heterocycles. The predicted octanol–water partition coefficient (Wildman–Crippen LogP) is 4.20. The van der Waals surface area contributed by atoms with Gasteiger partial charge in [-0.05, 0) is 62.4 Å². The van der Waals surface area contributed by atoms with Crippen molar-refractivity contribution in [3.63, 3.8) is 0 Å². The van der Waals surface area contributed by atoms with Gasteiger partial charge < -0.3 is 15.6 Å². The van der Waals surface area contributed by atoms with E-state index in [4.69, 9.17) is 11.1 Å². The van der Waals surface area contributed by atoms with Crippen LogP contribution in [0.5, 0.6) is 0 Å². The Kier molecular flexibility index (Phi) is 6.81. The van der Waals surface area contributed by atoms with Crippen molar-refractivity contribution in [2.24, 2.45) is 10.7 Å². The third-order valence-corrected chi connectivity index (χ3v) is 4.14. The molecule has 134 valence electrons. The highest BCUT2D eigenvalue weighted by molar-refractivity contribution is 5.83. The van der Waals surface area contributed by atoms with Gasteiger partial charge in [0.25, 0.3) is 0 Å². The molecule has 0 aliphatic rings. The Bertz CT molecular complexity index is 743. The van der Waals surface area contributed by atoms with Crippen molar-refractivity contribution >= 4 is 17.9 Å². The lowest BCUT2D eigenvalue weighted by Gasteiger charge is -2.14. The molecule has 0 spiro atoms. The van der Waals surface area contributed by atoms with Crippen LogP contribution in [-0.2, 0) is 6.42 Å². The molecular formula is C20H29N5. The molecule has 0 aliphatic heterocycles. The molecule has 0 aliphatic carbocycles. The van der Waals surface area contributed by atoms with Crippen molar-refractivity contribution in [3.8, 4) is 5.69 Å². The first kappa shape index (κ1) is 18.8. The highest BCUT2D eigenvalue weighted by atomic mass is 15.0. The summed E-state index contributed by atoms with van der Waals surface area (Å²) >= 11 is 0. The lowest BCUT2D eigenvalue weighted by atomic mass is 10.1. The topological polar surface area (TPSA) is 79.2 Å². The summed E-state index contributed by atoms with van der Waals surface area (Å²) in [5, 5.41) is 10.7. The van der Waals surface area contributed by atoms with Crippen molar-refractivity contribution in [3.05, 3.63) is 47.3 Å². The zero-order valence-corrected chi connectivity index (χ0v) is 15.5. The fourth-order valence-electron chi connectivity index (χ4n) is 2.81. The number of unbranched alkanes of at least 4 members (excludes halogenated alkanes) is 1. The minimum atomic E-state index is -0.145. The molecule has 0 amide bonds. The smallest absolute Gasteiger partial charge is 0.212 e. The molecular weight excluding hydrogens is 310 g/mol. The predicted molar refractivity (Wildman–Crippen MR) is 107 cm³/mol. The second-order valence-electron chi connectivity index (χ2n) is 6.39. The molecule has 2 rings (SSSR count). The largest absolute Gasteiger partial charge is 0.385 e. The van der Waals surface area contributed by atoms with Crippen LogP contribution in [0.4, 0.5) is 5.69 Å². The van der Waals surface area contributed by atoms with Crippen molar-refractivity contribution in [1.29, 1.82) is 5.41 Å². The maximum Gasteiger partial charge on any atom is 0.212 e. The molecule has 0 saturated heterocycles. The second kappa shape index (κ2) is 9.06. The number of guanidine groups is 1. The van der Waals surface area contributed by atoms with E-state index in [-0.39, 0.29) is 5.96 Å². The molecule has 0 saturated carbocycles. The number of aromatic nitrogens is 1. The number of rotatable bonds is 8. The van der Waals surface area contributed by atoms with Crippen molar-refractivity contribution in [1.82, 2.24) is 4.57 Å². The number of aliphatic imine (C=N–C) groups is 1. The lowest BCUT2D eigenvalue weighted by molar-refractivity contribution is 0.833. The molecule has 0 bridgehead atoms. The molecule has 1 aromatic carbocycles. The quantitative estimate of drug-likeness (QED) is 0.383. The molecule has 25 heavy (non-hydrogen) atoms. The third-order valence-electron chi connectivity index (χ3n) is 4.14. The Labute approximate surface area is 150 Å². The molecule has 4 N–H and O–H groups in total. The number of anilines is 1. The number of hydrogen-bond acceptors (Lipinski definition) is 2. The van der Waals surface area contributed by atoms with Gasteiger partial charge in [0.05, 0.1) is 0 Å². The summed E-state index contributed by atoms with van der Waals surface area (Å²) in [5.41, 5.74) is 11.3. The number of benzene rings is 1. The summed E-state index contributed by atoms with van der Waals surface area (Å²) in [6.07, 6.45) is 7.86. The van der Waals surface area contributed by atoms with E-state index < -0.39 is 0 Å². The fourth-order valence-corrected chi connectivity index (χ4v) is 2.81. The lowest BCUT2D eigenvalue weighted by Crippen LogP contribution is -2.06. The summed E-state index contributed by atoms with van der Waals surface area (Å²) in [7, 11) is 0. The molecule has 0 unspecified atom stereocenters. The normalized spacial score (nSPS) is 11.2. The minimum Gasteiger partial charge on any atom is -0.385 e. The van der Waals surface area contributed by atoms with Gasteiger partial charge in [-0.15, -0.1) is 0 Å². The SMILES string of the molecule is CCCCNc1cc(-n2cc(C)cc2CC/C=N\C(=N)N)ccc1C. The Morgan fingerprint density at radius 3 is 2.84 bits per heavy atom. The Hall–Kier alpha value is -2.56. The maximum atomic E-state index is 7.14. The van der Waals surface area contributed by atoms with Gasteiger partial charge in [0.1, 0.15) is 0 Å². The summed E-state index contributed by atoms with van der Waals surface area (Å²) < 4.78 is 2.24. The van der Waals surface area contributed by atoms with E-state index in [1.165, 1.54) is 35.3 Å². The van der Waals surface area contributed by atoms with Gasteiger partial charge in [0.15, 0.2) is 0 Å². The maximum absolute atomic E-state index is 7.14. The van der Waals surface area contributed by atoms with Gasteiger partial charge >= 0.3 is 0 Å². The van der Waals surface area contributed by atoms with E-state index in [9.17, 15) is 0 Å². The van der Waals surface area contributed by atoms with Crippen LogP contribution >= 0.6 is 0 Å². The highest BCUT2D eigenvalue weighted by Crippen LogP contribution is 2.23. The number of nitrogens with zero attached hydrogens (tertiary/aromatic N) is 2. The molecule has 0 fully saturated rings. The first-order valence-electron chi connectivity index (χ1n) is 8.90. The minimum absolute atomic E-state index is 0.145. The molecule has 5 nitrogen and oxygen atoms in total. The van der Waals surface area contributed by atoms with Crippen molar-refractivity contribution < 1.29 is 0 Å². The summed E-state index contributed by atoms with van der Waals surface area (Å²) in [6, 6.07) is 8.75. The van der Waals surface area contributed by atoms with E-state index in [0.29, 0.717) is 0 Å². The van der Waals surface area contributed by atoms with Gasteiger partial charge in [-0.2, -0.15) is 0 Å². The fraction of sp³-hybridized carbons (Fsp3) is 0.400. The van der Waals surface area contributed by atoms with E-state index in [1.807, 2.05) is 0 Å². The van der Waals surface area contributed by atoms with Crippen LogP contribution in [0.25, 0.3) is 5.69 Å². The first-order valence-corrected chi connectivity index (χ1v) is 8.90. The second-order valence-corrected chi connectivity index (χ2v) is 6.39. The van der Waals surface area contributed by atoms with Crippen molar-refractivity contribution in [2.75, 3.05) is 11.9 Å². The molecule has 2 aromatic rings. The third kappa shape index (κ3) is 5.48. The average Bonchev–Trinajstić information content (AvgIpc) is 2.94. The number of nitrogens with two attached hydrogens (primary N) is 1. The Morgan fingerprint density at radius 1 is 1.32 bits per heavy atom. The van der Waals surface area contributed by atoms with Gasteiger partial charge in [0, 0.05) is 36.0 Å². The van der Waals surface area contributed by atoms with Crippen LogP contribution in [0.15, 0.2) is 35.5 Å².